The Morgan fingerprint density at radius 3 is 2.29 bits per heavy atom. The highest BCUT2D eigenvalue weighted by molar-refractivity contribution is 5.90. The normalized spacial score (nSPS) is 11.0. The minimum atomic E-state index is -0.360. The second-order valence-corrected chi connectivity index (χ2v) is 7.21. The number of anilines is 1. The first-order chi connectivity index (χ1) is 14.8. The molecule has 7 heteroatoms. The number of amidine groups is 1. The Morgan fingerprint density at radius 2 is 1.71 bits per heavy atom. The van der Waals surface area contributed by atoms with Gasteiger partial charge in [0, 0.05) is 33.3 Å². The van der Waals surface area contributed by atoms with E-state index in [9.17, 15) is 4.79 Å². The topological polar surface area (TPSA) is 86.3 Å². The predicted octanol–water partition coefficient (Wildman–Crippen LogP) is 4.59. The zero-order valence-corrected chi connectivity index (χ0v) is 19.8. The molecule has 3 N–H and O–H groups in total. The molecular weight excluding hydrogens is 388 g/mol. The third-order valence-corrected chi connectivity index (χ3v) is 4.54. The van der Waals surface area contributed by atoms with Gasteiger partial charge in [0.2, 0.25) is 0 Å². The van der Waals surface area contributed by atoms with E-state index < -0.39 is 0 Å². The predicted molar refractivity (Wildman–Crippen MR) is 132 cm³/mol. The van der Waals surface area contributed by atoms with Gasteiger partial charge in [-0.05, 0) is 43.0 Å². The first-order valence-electron chi connectivity index (χ1n) is 10.5. The molecule has 0 fully saturated rings. The highest BCUT2D eigenvalue weighted by Gasteiger charge is 2.12. The SMILES string of the molecule is CC.Cc1ccc(C=NN=C(CCc2c(C)cccc2NC(=O)N(C)N)N(C)C)cc1. The molecule has 0 spiro atoms. The summed E-state index contributed by atoms with van der Waals surface area (Å²) in [6.45, 7) is 8.08. The number of carbonyl (C=O) groups excluding carboxylic acids is 1. The van der Waals surface area contributed by atoms with E-state index in [1.54, 1.807) is 6.21 Å². The van der Waals surface area contributed by atoms with Crippen molar-refractivity contribution in [2.24, 2.45) is 16.0 Å². The molecule has 0 saturated carbocycles. The van der Waals surface area contributed by atoms with Crippen molar-refractivity contribution >= 4 is 23.8 Å². The monoisotopic (exact) mass is 424 g/mol. The largest absolute Gasteiger partial charge is 0.365 e. The Morgan fingerprint density at radius 1 is 1.06 bits per heavy atom. The second kappa shape index (κ2) is 13.2. The standard InChI is InChI=1S/C22H30N6O.C2H6/c1-16-9-11-18(12-10-16)15-24-26-21(27(3)4)14-13-19-17(2)7-6-8-20(19)25-22(29)28(5)23;1-2/h6-12,15H,13-14,23H2,1-5H3,(H,25,29);1-2H3. The molecule has 2 amide bonds. The van der Waals surface area contributed by atoms with Gasteiger partial charge in [0.1, 0.15) is 5.84 Å². The smallest absolute Gasteiger partial charge is 0.335 e. The van der Waals surface area contributed by atoms with E-state index in [1.807, 2.05) is 82.2 Å². The van der Waals surface area contributed by atoms with Crippen LogP contribution in [0, 0.1) is 13.8 Å². The fourth-order valence-corrected chi connectivity index (χ4v) is 2.77. The first-order valence-corrected chi connectivity index (χ1v) is 10.5. The van der Waals surface area contributed by atoms with Crippen LogP contribution in [0.3, 0.4) is 0 Å². The Labute approximate surface area is 186 Å². The van der Waals surface area contributed by atoms with Gasteiger partial charge in [-0.2, -0.15) is 5.10 Å². The maximum atomic E-state index is 12.0. The molecule has 0 aromatic heterocycles. The van der Waals surface area contributed by atoms with E-state index in [-0.39, 0.29) is 6.03 Å². The summed E-state index contributed by atoms with van der Waals surface area (Å²) in [6.07, 6.45) is 3.15. The number of amides is 2. The average Bonchev–Trinajstić information content (AvgIpc) is 2.74. The number of nitrogens with zero attached hydrogens (tertiary/aromatic N) is 4. The van der Waals surface area contributed by atoms with Gasteiger partial charge in [-0.1, -0.05) is 55.8 Å². The summed E-state index contributed by atoms with van der Waals surface area (Å²) in [6, 6.07) is 13.6. The molecule has 0 aliphatic carbocycles. The summed E-state index contributed by atoms with van der Waals surface area (Å²) in [4.78, 5) is 13.9. The van der Waals surface area contributed by atoms with Gasteiger partial charge in [-0.15, -0.1) is 5.10 Å². The highest BCUT2D eigenvalue weighted by Crippen LogP contribution is 2.22. The number of hydrazine groups is 1. The van der Waals surface area contributed by atoms with Crippen LogP contribution < -0.4 is 11.2 Å². The number of rotatable bonds is 6. The van der Waals surface area contributed by atoms with Crippen molar-refractivity contribution in [1.29, 1.82) is 0 Å². The molecule has 0 heterocycles. The minimum absolute atomic E-state index is 0.360. The number of nitrogens with one attached hydrogen (secondary N) is 1. The van der Waals surface area contributed by atoms with E-state index in [1.165, 1.54) is 12.6 Å². The zero-order valence-electron chi connectivity index (χ0n) is 19.8. The maximum Gasteiger partial charge on any atom is 0.335 e. The molecule has 0 aliphatic rings. The fraction of sp³-hybridized carbons (Fsp3) is 0.375. The van der Waals surface area contributed by atoms with Gasteiger partial charge in [-0.25, -0.2) is 10.6 Å². The van der Waals surface area contributed by atoms with Crippen LogP contribution in [-0.4, -0.2) is 49.1 Å². The second-order valence-electron chi connectivity index (χ2n) is 7.21. The van der Waals surface area contributed by atoms with Gasteiger partial charge in [-0.3, -0.25) is 5.01 Å². The van der Waals surface area contributed by atoms with Crippen LogP contribution in [0.25, 0.3) is 0 Å². The van der Waals surface area contributed by atoms with Crippen molar-refractivity contribution in [2.45, 2.75) is 40.5 Å². The Kier molecular flexibility index (Phi) is 11.0. The number of urea groups is 1. The summed E-state index contributed by atoms with van der Waals surface area (Å²) < 4.78 is 0. The van der Waals surface area contributed by atoms with E-state index in [0.717, 1.165) is 33.2 Å². The number of carbonyl (C=O) groups is 1. The van der Waals surface area contributed by atoms with Crippen LogP contribution in [0.15, 0.2) is 52.7 Å². The molecule has 31 heavy (non-hydrogen) atoms. The molecule has 7 nitrogen and oxygen atoms in total. The number of benzene rings is 2. The quantitative estimate of drug-likeness (QED) is 0.234. The van der Waals surface area contributed by atoms with Gasteiger partial charge in [0.25, 0.3) is 0 Å². The molecule has 0 bridgehead atoms. The van der Waals surface area contributed by atoms with Crippen LogP contribution in [0.5, 0.6) is 0 Å². The number of hydrogen-bond acceptors (Lipinski definition) is 4. The lowest BCUT2D eigenvalue weighted by Gasteiger charge is -2.18. The van der Waals surface area contributed by atoms with Crippen molar-refractivity contribution in [3.63, 3.8) is 0 Å². The van der Waals surface area contributed by atoms with Crippen LogP contribution >= 0.6 is 0 Å². The van der Waals surface area contributed by atoms with Gasteiger partial charge in [0.05, 0.1) is 6.21 Å². The van der Waals surface area contributed by atoms with Crippen LogP contribution in [0.2, 0.25) is 0 Å². The molecule has 0 unspecified atom stereocenters. The number of aryl methyl sites for hydroxylation is 2. The minimum Gasteiger partial charge on any atom is -0.365 e. The van der Waals surface area contributed by atoms with Gasteiger partial charge in [0.15, 0.2) is 0 Å². The van der Waals surface area contributed by atoms with Crippen molar-refractivity contribution in [3.05, 3.63) is 64.7 Å². The van der Waals surface area contributed by atoms with E-state index in [4.69, 9.17) is 5.84 Å². The van der Waals surface area contributed by atoms with Crippen LogP contribution in [0.4, 0.5) is 10.5 Å². The van der Waals surface area contributed by atoms with Gasteiger partial charge >= 0.3 is 6.03 Å². The average molecular weight is 425 g/mol. The first kappa shape index (κ1) is 25.8. The Hall–Kier alpha value is -3.19. The molecule has 168 valence electrons. The zero-order chi connectivity index (χ0) is 23.4. The maximum absolute atomic E-state index is 12.0. The Bertz CT molecular complexity index is 885. The number of nitrogens with two attached hydrogens (primary N) is 1. The molecule has 2 aromatic carbocycles. The van der Waals surface area contributed by atoms with Crippen molar-refractivity contribution in [1.82, 2.24) is 9.91 Å². The molecule has 0 atom stereocenters. The van der Waals surface area contributed by atoms with Crippen molar-refractivity contribution in [3.8, 4) is 0 Å². The molecule has 0 saturated heterocycles. The molecule has 2 rings (SSSR count). The highest BCUT2D eigenvalue weighted by atomic mass is 16.2. The van der Waals surface area contributed by atoms with Crippen molar-refractivity contribution < 1.29 is 4.79 Å². The lowest BCUT2D eigenvalue weighted by molar-refractivity contribution is 0.223. The van der Waals surface area contributed by atoms with E-state index in [2.05, 4.69) is 22.4 Å². The third kappa shape index (κ3) is 8.60. The van der Waals surface area contributed by atoms with Crippen LogP contribution in [-0.2, 0) is 6.42 Å². The van der Waals surface area contributed by atoms with Crippen LogP contribution in [0.1, 0.15) is 42.5 Å². The van der Waals surface area contributed by atoms with Crippen molar-refractivity contribution in [2.75, 3.05) is 26.5 Å². The summed E-state index contributed by atoms with van der Waals surface area (Å²) in [7, 11) is 5.40. The lowest BCUT2D eigenvalue weighted by atomic mass is 10.0. The lowest BCUT2D eigenvalue weighted by Crippen LogP contribution is -2.37. The summed E-state index contributed by atoms with van der Waals surface area (Å²) in [5.74, 6) is 6.38. The summed E-state index contributed by atoms with van der Waals surface area (Å²) in [5.41, 5.74) is 5.13. The molecule has 0 aliphatic heterocycles. The Balaban J connectivity index is 0.00000233. The number of hydrogen-bond donors (Lipinski definition) is 2. The molecular formula is C24H36N6O. The summed E-state index contributed by atoms with van der Waals surface area (Å²) >= 11 is 0. The van der Waals surface area contributed by atoms with Gasteiger partial charge < -0.3 is 10.2 Å². The molecule has 2 aromatic rings. The van der Waals surface area contributed by atoms with E-state index in [0.29, 0.717) is 12.8 Å². The third-order valence-electron chi connectivity index (χ3n) is 4.54. The fourth-order valence-electron chi connectivity index (χ4n) is 2.77. The summed E-state index contributed by atoms with van der Waals surface area (Å²) in [5, 5.41) is 12.5. The molecule has 0 radical (unpaired) electrons. The van der Waals surface area contributed by atoms with E-state index >= 15 is 0 Å².